The zero-order valence-electron chi connectivity index (χ0n) is 41.0. The predicted octanol–water partition coefficient (Wildman–Crippen LogP) is -0.666. The summed E-state index contributed by atoms with van der Waals surface area (Å²) in [5.74, 6) is 0.699. The van der Waals surface area contributed by atoms with E-state index in [1.54, 1.807) is 13.8 Å². The van der Waals surface area contributed by atoms with Crippen LogP contribution in [0.4, 0.5) is 0 Å². The van der Waals surface area contributed by atoms with Gasteiger partial charge in [0.25, 0.3) is 0 Å². The summed E-state index contributed by atoms with van der Waals surface area (Å²) < 4.78 is 35.5. The molecule has 0 aromatic rings. The van der Waals surface area contributed by atoms with Crippen LogP contribution in [0.3, 0.4) is 0 Å². The van der Waals surface area contributed by atoms with Crippen LogP contribution in [-0.4, -0.2) is 202 Å². The first-order valence-corrected chi connectivity index (χ1v) is 25.1. The fraction of sp³-hybridized carbons (Fsp3) is 0.959. The van der Waals surface area contributed by atoms with Crippen molar-refractivity contribution in [1.29, 1.82) is 0 Å². The second-order valence-electron chi connectivity index (χ2n) is 23.2. The molecule has 3 saturated carbocycles. The van der Waals surface area contributed by atoms with Gasteiger partial charge in [-0.2, -0.15) is 0 Å². The van der Waals surface area contributed by atoms with E-state index in [-0.39, 0.29) is 51.8 Å². The maximum atomic E-state index is 12.5. The molecular formula is C49H84O19. The van der Waals surface area contributed by atoms with Gasteiger partial charge in [-0.05, 0) is 106 Å². The van der Waals surface area contributed by atoms with E-state index in [4.69, 9.17) is 28.4 Å². The minimum absolute atomic E-state index is 0.0527. The Hall–Kier alpha value is -1.02. The zero-order valence-corrected chi connectivity index (χ0v) is 41.0. The van der Waals surface area contributed by atoms with Crippen LogP contribution < -0.4 is 0 Å². The van der Waals surface area contributed by atoms with Crippen molar-refractivity contribution in [2.75, 3.05) is 19.8 Å². The molecule has 6 fully saturated rings. The number of hydrogen-bond acceptors (Lipinski definition) is 19. The van der Waals surface area contributed by atoms with Gasteiger partial charge in [0.2, 0.25) is 0 Å². The first-order valence-electron chi connectivity index (χ1n) is 25.1. The van der Waals surface area contributed by atoms with Crippen LogP contribution >= 0.6 is 0 Å². The monoisotopic (exact) mass is 977 g/mol. The van der Waals surface area contributed by atoms with Crippen LogP contribution in [0.25, 0.3) is 0 Å². The zero-order chi connectivity index (χ0) is 50.2. The van der Waals surface area contributed by atoms with Crippen LogP contribution in [0.2, 0.25) is 0 Å². The molecule has 19 heteroatoms. The van der Waals surface area contributed by atoms with Crippen molar-refractivity contribution < 1.29 is 94.8 Å². The van der Waals surface area contributed by atoms with Crippen LogP contribution in [0, 0.1) is 45.3 Å². The van der Waals surface area contributed by atoms with Gasteiger partial charge in [-0.3, -0.25) is 0 Å². The van der Waals surface area contributed by atoms with E-state index < -0.39 is 136 Å². The molecule has 7 rings (SSSR count). The summed E-state index contributed by atoms with van der Waals surface area (Å²) in [6.07, 6.45) is -18.1. The Morgan fingerprint density at radius 1 is 0.706 bits per heavy atom. The Morgan fingerprint density at radius 3 is 1.87 bits per heavy atom. The van der Waals surface area contributed by atoms with Crippen molar-refractivity contribution >= 4 is 0 Å². The van der Waals surface area contributed by atoms with Gasteiger partial charge in [-0.15, -0.1) is 0 Å². The van der Waals surface area contributed by atoms with Crippen LogP contribution in [0.15, 0.2) is 11.6 Å². The van der Waals surface area contributed by atoms with Gasteiger partial charge >= 0.3 is 0 Å². The summed E-state index contributed by atoms with van der Waals surface area (Å²) in [4.78, 5) is 0. The molecule has 394 valence electrons. The summed E-state index contributed by atoms with van der Waals surface area (Å²) in [6, 6.07) is 0. The highest BCUT2D eigenvalue weighted by molar-refractivity contribution is 5.32. The summed E-state index contributed by atoms with van der Waals surface area (Å²) in [5, 5.41) is 141. The summed E-state index contributed by atoms with van der Waals surface area (Å²) in [5.41, 5.74) is -1.26. The summed E-state index contributed by atoms with van der Waals surface area (Å²) >= 11 is 0. The maximum Gasteiger partial charge on any atom is 0.187 e. The number of hydrogen-bond donors (Lipinski definition) is 13. The quantitative estimate of drug-likeness (QED) is 0.0906. The Morgan fingerprint density at radius 2 is 1.28 bits per heavy atom. The second kappa shape index (κ2) is 20.4. The van der Waals surface area contributed by atoms with Gasteiger partial charge in [-0.1, -0.05) is 53.2 Å². The van der Waals surface area contributed by atoms with Crippen molar-refractivity contribution in [3.05, 3.63) is 11.6 Å². The molecule has 0 aromatic heterocycles. The number of rotatable bonds is 15. The average molecular weight is 977 g/mol. The van der Waals surface area contributed by atoms with E-state index in [1.807, 2.05) is 0 Å². The molecule has 68 heavy (non-hydrogen) atoms. The molecule has 3 unspecified atom stereocenters. The van der Waals surface area contributed by atoms with Gasteiger partial charge in [-0.25, -0.2) is 0 Å². The van der Waals surface area contributed by atoms with E-state index in [2.05, 4.69) is 47.6 Å². The molecule has 19 nitrogen and oxygen atoms in total. The van der Waals surface area contributed by atoms with Gasteiger partial charge in [0.1, 0.15) is 73.2 Å². The highest BCUT2D eigenvalue weighted by Gasteiger charge is 2.71. The molecule has 0 radical (unpaired) electrons. The van der Waals surface area contributed by atoms with Crippen molar-refractivity contribution in [1.82, 2.24) is 0 Å². The lowest BCUT2D eigenvalue weighted by molar-refractivity contribution is -0.380. The average Bonchev–Trinajstić information content (AvgIpc) is 3.59. The lowest BCUT2D eigenvalue weighted by atomic mass is 9.37. The van der Waals surface area contributed by atoms with E-state index in [0.29, 0.717) is 19.3 Å². The summed E-state index contributed by atoms with van der Waals surface area (Å²) in [6.45, 7) is 14.4. The smallest absolute Gasteiger partial charge is 0.187 e. The van der Waals surface area contributed by atoms with Crippen molar-refractivity contribution in [3.63, 3.8) is 0 Å². The van der Waals surface area contributed by atoms with E-state index >= 15 is 0 Å². The third-order valence-corrected chi connectivity index (χ3v) is 19.0. The molecule has 0 spiro atoms. The van der Waals surface area contributed by atoms with Gasteiger partial charge < -0.3 is 94.8 Å². The number of allylic oxidation sites excluding steroid dienone is 1. The minimum Gasteiger partial charge on any atom is -0.394 e. The topological polar surface area (TPSA) is 318 Å². The molecule has 0 bridgehead atoms. The fourth-order valence-corrected chi connectivity index (χ4v) is 14.6. The minimum atomic E-state index is -1.90. The van der Waals surface area contributed by atoms with Crippen molar-refractivity contribution in [3.8, 4) is 0 Å². The number of aliphatic hydroxyl groups is 13. The Kier molecular flexibility index (Phi) is 16.4. The first kappa shape index (κ1) is 54.7. The number of fused-ring (bicyclic) bond motifs is 5. The van der Waals surface area contributed by atoms with E-state index in [0.717, 1.165) is 32.1 Å². The van der Waals surface area contributed by atoms with Gasteiger partial charge in [0.05, 0.1) is 43.7 Å². The maximum absolute atomic E-state index is 12.5. The van der Waals surface area contributed by atoms with Crippen molar-refractivity contribution in [2.45, 2.75) is 229 Å². The third kappa shape index (κ3) is 9.21. The molecule has 4 aliphatic carbocycles. The molecule has 0 amide bonds. The summed E-state index contributed by atoms with van der Waals surface area (Å²) in [7, 11) is 0. The predicted molar refractivity (Wildman–Crippen MR) is 240 cm³/mol. The number of aliphatic hydroxyl groups excluding tert-OH is 12. The molecule has 0 aromatic carbocycles. The molecule has 25 atom stereocenters. The van der Waals surface area contributed by atoms with Crippen LogP contribution in [-0.2, 0) is 28.4 Å². The normalized spacial score (nSPS) is 50.4. The molecule has 3 saturated heterocycles. The second-order valence-corrected chi connectivity index (χ2v) is 23.2. The molecule has 13 N–H and O–H groups in total. The molecule has 3 aliphatic heterocycles. The Labute approximate surface area is 400 Å². The largest absolute Gasteiger partial charge is 0.394 e. The number of ether oxygens (including phenoxy) is 6. The molecular weight excluding hydrogens is 893 g/mol. The first-order chi connectivity index (χ1) is 31.7. The van der Waals surface area contributed by atoms with E-state index in [9.17, 15) is 66.4 Å². The highest BCUT2D eigenvalue weighted by Crippen LogP contribution is 2.76. The van der Waals surface area contributed by atoms with Gasteiger partial charge in [0, 0.05) is 10.8 Å². The lowest BCUT2D eigenvalue weighted by Crippen LogP contribution is -2.65. The standard InChI is InChI=1S/C49H84O19/c1-9-49-17-16-23(47(49,7)18-31(53)48(8)25-12-14-30(52)45(3,4)24(25)11-13-29(48)49)22(2)10-15-32(46(5,6)62)67-44-41(68-43-40(61)37(58)34(55)27(20-51)65-43)38(59)35(56)28(66-44)21-63-42-39(60)36(57)33(54)26(19-50)64-42/h11,22-23,25-44,50-62H,9-10,12-21H2,1-8H3/t22-,23?,25?,26-,27-,28-,29?,30+,31-,32-,33-,34-,35-,36+,37+,38+,39-,40-,41-,42+,43+,44+,47-,48+,49+/m1/s1. The Bertz CT molecular complexity index is 1720. The van der Waals surface area contributed by atoms with E-state index in [1.165, 1.54) is 5.57 Å². The fourth-order valence-electron chi connectivity index (χ4n) is 14.6. The Balaban J connectivity index is 1.11. The van der Waals surface area contributed by atoms with Crippen LogP contribution in [0.1, 0.15) is 113 Å². The van der Waals surface area contributed by atoms with Crippen molar-refractivity contribution in [2.24, 2.45) is 45.3 Å². The SMILES string of the molecule is CC[C@@]12CCC([C@H](C)CC[C@@H](O[C@@H]3O[C@H](CO[C@H]4O[C@H](CO)[C@@H](O)[C@H](O)[C@H]4O)[C@@H](O)[C@H](O)[C@H]3O[C@@H]3O[C@H](CO)[C@@H](O)[C@H](O)[C@H]3O)C(C)(C)O)[C@@]1(C)C[C@@H](O)[C@@]1(C)C3CC[C@H](O)C(C)(C)C3=CCC12. The van der Waals surface area contributed by atoms with Crippen LogP contribution in [0.5, 0.6) is 0 Å². The molecule has 3 heterocycles. The highest BCUT2D eigenvalue weighted by atomic mass is 16.8. The lowest BCUT2D eigenvalue weighted by Gasteiger charge is -2.68. The third-order valence-electron chi connectivity index (χ3n) is 19.0. The van der Waals surface area contributed by atoms with Gasteiger partial charge in [0.15, 0.2) is 18.9 Å². The molecule has 7 aliphatic rings.